The molecule has 0 bridgehead atoms. The molecule has 1 aliphatic rings. The van der Waals surface area contributed by atoms with Crippen LogP contribution in [0.25, 0.3) is 0 Å². The molecule has 4 nitrogen and oxygen atoms in total. The zero-order chi connectivity index (χ0) is 12.4. The van der Waals surface area contributed by atoms with Gasteiger partial charge >= 0.3 is 0 Å². The van der Waals surface area contributed by atoms with Gasteiger partial charge in [-0.3, -0.25) is 4.98 Å². The molecule has 1 saturated carbocycles. The third-order valence-corrected chi connectivity index (χ3v) is 5.45. The molecule has 1 aromatic heterocycles. The Morgan fingerprint density at radius 3 is 2.53 bits per heavy atom. The molecule has 1 N–H and O–H groups in total. The van der Waals surface area contributed by atoms with Gasteiger partial charge in [-0.05, 0) is 37.0 Å². The molecular weight excluding hydrogens is 304 g/mol. The number of sulfonamides is 1. The SMILES string of the molecule is O=S(=O)(CCc1ccncc1)NC1(CBr)CC1. The molecule has 1 fully saturated rings. The lowest BCUT2D eigenvalue weighted by atomic mass is 10.2. The summed E-state index contributed by atoms with van der Waals surface area (Å²) in [6.07, 6.45) is 5.72. The second-order valence-electron chi connectivity index (χ2n) is 4.44. The Kier molecular flexibility index (Phi) is 3.85. The summed E-state index contributed by atoms with van der Waals surface area (Å²) in [6.45, 7) is 0. The van der Waals surface area contributed by atoms with Crippen molar-refractivity contribution in [3.05, 3.63) is 30.1 Å². The minimum Gasteiger partial charge on any atom is -0.265 e. The molecule has 0 amide bonds. The van der Waals surface area contributed by atoms with E-state index in [0.717, 1.165) is 18.4 Å². The highest BCUT2D eigenvalue weighted by Gasteiger charge is 2.44. The molecule has 0 atom stereocenters. The quantitative estimate of drug-likeness (QED) is 0.808. The third kappa shape index (κ3) is 3.76. The van der Waals surface area contributed by atoms with Gasteiger partial charge in [-0.1, -0.05) is 15.9 Å². The Morgan fingerprint density at radius 2 is 2.00 bits per heavy atom. The highest BCUT2D eigenvalue weighted by molar-refractivity contribution is 9.09. The summed E-state index contributed by atoms with van der Waals surface area (Å²) >= 11 is 3.35. The van der Waals surface area contributed by atoms with Crippen LogP contribution in [-0.4, -0.2) is 30.0 Å². The molecule has 0 saturated heterocycles. The van der Waals surface area contributed by atoms with E-state index in [1.807, 2.05) is 12.1 Å². The monoisotopic (exact) mass is 318 g/mol. The Hall–Kier alpha value is -0.460. The predicted octanol–water partition coefficient (Wildman–Crippen LogP) is 1.47. The second-order valence-corrected chi connectivity index (χ2v) is 6.84. The van der Waals surface area contributed by atoms with Crippen LogP contribution in [0.5, 0.6) is 0 Å². The molecule has 17 heavy (non-hydrogen) atoms. The molecule has 94 valence electrons. The van der Waals surface area contributed by atoms with Crippen molar-refractivity contribution in [2.75, 3.05) is 11.1 Å². The lowest BCUT2D eigenvalue weighted by molar-refractivity contribution is 0.560. The van der Waals surface area contributed by atoms with Crippen molar-refractivity contribution in [2.24, 2.45) is 0 Å². The molecule has 1 aromatic rings. The summed E-state index contributed by atoms with van der Waals surface area (Å²) in [5.74, 6) is 0.131. The minimum absolute atomic E-state index is 0.131. The molecule has 2 rings (SSSR count). The fourth-order valence-corrected chi connectivity index (χ4v) is 4.03. The normalized spacial score (nSPS) is 17.9. The van der Waals surface area contributed by atoms with Crippen molar-refractivity contribution < 1.29 is 8.42 Å². The zero-order valence-electron chi connectivity index (χ0n) is 9.39. The summed E-state index contributed by atoms with van der Waals surface area (Å²) in [6, 6.07) is 3.68. The van der Waals surface area contributed by atoms with Gasteiger partial charge in [0, 0.05) is 23.3 Å². The number of nitrogens with zero attached hydrogens (tertiary/aromatic N) is 1. The van der Waals surface area contributed by atoms with E-state index in [0.29, 0.717) is 11.8 Å². The first-order valence-electron chi connectivity index (χ1n) is 5.52. The maximum Gasteiger partial charge on any atom is 0.212 e. The molecule has 0 aliphatic heterocycles. The molecule has 0 radical (unpaired) electrons. The lowest BCUT2D eigenvalue weighted by Gasteiger charge is -2.14. The van der Waals surface area contributed by atoms with Gasteiger partial charge < -0.3 is 0 Å². The van der Waals surface area contributed by atoms with Crippen molar-refractivity contribution in [1.29, 1.82) is 0 Å². The fourth-order valence-electron chi connectivity index (χ4n) is 1.60. The van der Waals surface area contributed by atoms with Gasteiger partial charge in [0.2, 0.25) is 10.0 Å². The number of aromatic nitrogens is 1. The van der Waals surface area contributed by atoms with E-state index in [4.69, 9.17) is 0 Å². The first kappa shape index (κ1) is 13.0. The van der Waals surface area contributed by atoms with Crippen molar-refractivity contribution in [1.82, 2.24) is 9.71 Å². The molecule has 1 aliphatic carbocycles. The van der Waals surface area contributed by atoms with Gasteiger partial charge in [-0.2, -0.15) is 0 Å². The van der Waals surface area contributed by atoms with Crippen LogP contribution in [0.3, 0.4) is 0 Å². The maximum atomic E-state index is 11.9. The van der Waals surface area contributed by atoms with E-state index >= 15 is 0 Å². The van der Waals surface area contributed by atoms with Crippen molar-refractivity contribution in [3.8, 4) is 0 Å². The summed E-state index contributed by atoms with van der Waals surface area (Å²) in [7, 11) is -3.19. The summed E-state index contributed by atoms with van der Waals surface area (Å²) in [5.41, 5.74) is 0.783. The van der Waals surface area contributed by atoms with Crippen LogP contribution in [0.1, 0.15) is 18.4 Å². The van der Waals surface area contributed by atoms with Crippen LogP contribution < -0.4 is 4.72 Å². The molecule has 0 unspecified atom stereocenters. The van der Waals surface area contributed by atoms with Gasteiger partial charge in [0.1, 0.15) is 0 Å². The highest BCUT2D eigenvalue weighted by Crippen LogP contribution is 2.37. The third-order valence-electron chi connectivity index (χ3n) is 2.89. The average Bonchev–Trinajstić information content (AvgIpc) is 3.08. The van der Waals surface area contributed by atoms with Crippen LogP contribution in [0.4, 0.5) is 0 Å². The molecule has 1 heterocycles. The van der Waals surface area contributed by atoms with Gasteiger partial charge in [-0.15, -0.1) is 0 Å². The van der Waals surface area contributed by atoms with Crippen LogP contribution >= 0.6 is 15.9 Å². The Bertz CT molecular complexity index is 472. The number of hydrogen-bond acceptors (Lipinski definition) is 3. The number of rotatable bonds is 6. The van der Waals surface area contributed by atoms with Crippen molar-refractivity contribution in [2.45, 2.75) is 24.8 Å². The first-order chi connectivity index (χ1) is 8.05. The highest BCUT2D eigenvalue weighted by atomic mass is 79.9. The zero-order valence-corrected chi connectivity index (χ0v) is 11.8. The molecular formula is C11H15BrN2O2S. The lowest BCUT2D eigenvalue weighted by Crippen LogP contribution is -2.39. The second kappa shape index (κ2) is 5.04. The van der Waals surface area contributed by atoms with Crippen LogP contribution in [0.15, 0.2) is 24.5 Å². The Labute approximate surface area is 110 Å². The number of pyridine rings is 1. The van der Waals surface area contributed by atoms with E-state index in [-0.39, 0.29) is 11.3 Å². The first-order valence-corrected chi connectivity index (χ1v) is 8.29. The van der Waals surface area contributed by atoms with Crippen LogP contribution in [0.2, 0.25) is 0 Å². The standard InChI is InChI=1S/C11H15BrN2O2S/c12-9-11(4-5-11)14-17(15,16)8-3-10-1-6-13-7-2-10/h1-2,6-7,14H,3-5,8-9H2. The topological polar surface area (TPSA) is 59.1 Å². The smallest absolute Gasteiger partial charge is 0.212 e. The Balaban J connectivity index is 1.90. The number of aryl methyl sites for hydroxylation is 1. The van der Waals surface area contributed by atoms with Crippen molar-refractivity contribution in [3.63, 3.8) is 0 Å². The molecule has 0 spiro atoms. The summed E-state index contributed by atoms with van der Waals surface area (Å²) in [4.78, 5) is 3.90. The minimum atomic E-state index is -3.19. The van der Waals surface area contributed by atoms with E-state index in [9.17, 15) is 8.42 Å². The van der Waals surface area contributed by atoms with Gasteiger partial charge in [0.05, 0.1) is 5.75 Å². The van der Waals surface area contributed by atoms with Crippen LogP contribution in [-0.2, 0) is 16.4 Å². The number of hydrogen-bond donors (Lipinski definition) is 1. The van der Waals surface area contributed by atoms with E-state index in [1.54, 1.807) is 12.4 Å². The van der Waals surface area contributed by atoms with E-state index in [2.05, 4.69) is 25.6 Å². The molecule has 0 aromatic carbocycles. The van der Waals surface area contributed by atoms with E-state index < -0.39 is 10.0 Å². The van der Waals surface area contributed by atoms with Crippen LogP contribution in [0, 0.1) is 0 Å². The average molecular weight is 319 g/mol. The fraction of sp³-hybridized carbons (Fsp3) is 0.545. The summed E-state index contributed by atoms with van der Waals surface area (Å²) in [5, 5.41) is 0.689. The maximum absolute atomic E-state index is 11.9. The van der Waals surface area contributed by atoms with Gasteiger partial charge in [-0.25, -0.2) is 13.1 Å². The number of alkyl halides is 1. The van der Waals surface area contributed by atoms with Crippen molar-refractivity contribution >= 4 is 26.0 Å². The summed E-state index contributed by atoms with van der Waals surface area (Å²) < 4.78 is 26.5. The van der Waals surface area contributed by atoms with E-state index in [1.165, 1.54) is 0 Å². The molecule has 6 heteroatoms. The largest absolute Gasteiger partial charge is 0.265 e. The Morgan fingerprint density at radius 1 is 1.35 bits per heavy atom. The number of halogens is 1. The number of nitrogens with one attached hydrogen (secondary N) is 1. The predicted molar refractivity (Wildman–Crippen MR) is 70.6 cm³/mol. The van der Waals surface area contributed by atoms with Gasteiger partial charge in [0.15, 0.2) is 0 Å². The van der Waals surface area contributed by atoms with Gasteiger partial charge in [0.25, 0.3) is 0 Å².